The number of aromatic nitrogens is 5. The SMILES string of the molecule is CC[C@@H]1O[C@](C(N)=O)(n2cnc3c(NCC(c4ccccc4)c4ccccc4)nc(N4CC[C@@H](c5nc(N6CCOCC6)ccc5C(N)=O)C4)nc32)[C@H](O)[C@@H]1O. The number of anilines is 3. The molecule has 0 spiro atoms. The van der Waals surface area contributed by atoms with Gasteiger partial charge in [-0.05, 0) is 36.1 Å². The number of pyridine rings is 1. The molecule has 0 aliphatic carbocycles. The maximum atomic E-state index is 13.3. The largest absolute Gasteiger partial charge is 0.387 e. The number of hydrogen-bond donors (Lipinski definition) is 5. The van der Waals surface area contributed by atoms with Gasteiger partial charge in [0.05, 0.1) is 30.6 Å². The Morgan fingerprint density at radius 3 is 2.25 bits per heavy atom. The second kappa shape index (κ2) is 15.5. The molecule has 0 bridgehead atoms. The van der Waals surface area contributed by atoms with Gasteiger partial charge in [0.15, 0.2) is 17.0 Å². The van der Waals surface area contributed by atoms with Crippen molar-refractivity contribution in [3.8, 4) is 0 Å². The first kappa shape index (κ1) is 37.3. The fraction of sp³-hybridized carbons (Fsp3) is 0.400. The monoisotopic (exact) mass is 762 g/mol. The first-order valence-corrected chi connectivity index (χ1v) is 19.0. The van der Waals surface area contributed by atoms with E-state index in [0.29, 0.717) is 87.3 Å². The zero-order chi connectivity index (χ0) is 39.0. The molecule has 3 aliphatic rings. The number of rotatable bonds is 12. The summed E-state index contributed by atoms with van der Waals surface area (Å²) in [6.07, 6.45) is -1.68. The third kappa shape index (κ3) is 6.67. The van der Waals surface area contributed by atoms with Crippen LogP contribution in [0.25, 0.3) is 11.2 Å². The highest BCUT2D eigenvalue weighted by Gasteiger charge is 2.60. The summed E-state index contributed by atoms with van der Waals surface area (Å²) < 4.78 is 13.0. The molecule has 2 amide bonds. The number of nitrogens with zero attached hydrogens (tertiary/aromatic N) is 7. The Labute approximate surface area is 323 Å². The minimum atomic E-state index is -2.19. The van der Waals surface area contributed by atoms with E-state index in [9.17, 15) is 19.8 Å². The van der Waals surface area contributed by atoms with Gasteiger partial charge in [0.25, 0.3) is 17.5 Å². The van der Waals surface area contributed by atoms with Crippen LogP contribution in [0.1, 0.15) is 58.8 Å². The standard InChI is InChI=1S/C40H46N10O6/c1-2-29-33(51)34(52)40(56-29,38(42)54)50-23-44-32-36(43-21-28(24-9-5-3-6-10-24)25-11-7-4-8-12-25)46-39(47-37(32)50)49-16-15-26(22-49)31-27(35(41)53)13-14-30(45-31)48-17-19-55-20-18-48/h3-14,23,26,28-29,33-34,51-52H,2,15-22H2,1H3,(H2,41,53)(H2,42,54)(H,43,46,47)/t26-,29+,33-,34-,40-/m1/s1. The summed E-state index contributed by atoms with van der Waals surface area (Å²) in [6.45, 7) is 5.68. The van der Waals surface area contributed by atoms with Gasteiger partial charge in [0.1, 0.15) is 24.4 Å². The van der Waals surface area contributed by atoms with Gasteiger partial charge in [-0.1, -0.05) is 67.6 Å². The fourth-order valence-corrected chi connectivity index (χ4v) is 8.16. The molecular weight excluding hydrogens is 717 g/mol. The summed E-state index contributed by atoms with van der Waals surface area (Å²) in [7, 11) is 0. The number of morpholine rings is 1. The highest BCUT2D eigenvalue weighted by Crippen LogP contribution is 2.40. The van der Waals surface area contributed by atoms with Crippen LogP contribution in [0.4, 0.5) is 17.6 Å². The minimum Gasteiger partial charge on any atom is -0.387 e. The molecule has 3 aromatic heterocycles. The van der Waals surface area contributed by atoms with E-state index in [-0.39, 0.29) is 17.5 Å². The number of fused-ring (bicyclic) bond motifs is 1. The van der Waals surface area contributed by atoms with E-state index in [1.165, 1.54) is 10.9 Å². The molecule has 56 heavy (non-hydrogen) atoms. The molecule has 16 heteroatoms. The zero-order valence-corrected chi connectivity index (χ0v) is 31.1. The van der Waals surface area contributed by atoms with E-state index >= 15 is 0 Å². The van der Waals surface area contributed by atoms with Gasteiger partial charge in [-0.15, -0.1) is 0 Å². The molecule has 8 rings (SSSR count). The maximum absolute atomic E-state index is 13.3. The molecule has 0 unspecified atom stereocenters. The smallest absolute Gasteiger partial charge is 0.274 e. The lowest BCUT2D eigenvalue weighted by Crippen LogP contribution is -2.54. The molecule has 5 aromatic rings. The number of primary amides is 2. The molecule has 0 radical (unpaired) electrons. The second-order valence-electron chi connectivity index (χ2n) is 14.5. The van der Waals surface area contributed by atoms with Crippen LogP contribution in [0.5, 0.6) is 0 Å². The summed E-state index contributed by atoms with van der Waals surface area (Å²) in [5.41, 5.74) is 13.3. The average Bonchev–Trinajstić information content (AvgIpc) is 3.96. The topological polar surface area (TPSA) is 220 Å². The number of carbonyl (C=O) groups is 2. The van der Waals surface area contributed by atoms with Crippen LogP contribution in [0, 0.1) is 0 Å². The molecule has 2 aromatic carbocycles. The molecular formula is C40H46N10O6. The summed E-state index contributed by atoms with van der Waals surface area (Å²) in [5, 5.41) is 25.9. The van der Waals surface area contributed by atoms with Crippen molar-refractivity contribution >= 4 is 40.6 Å². The van der Waals surface area contributed by atoms with Gasteiger partial charge in [-0.2, -0.15) is 9.97 Å². The van der Waals surface area contributed by atoms with Crippen molar-refractivity contribution in [2.24, 2.45) is 11.5 Å². The maximum Gasteiger partial charge on any atom is 0.274 e. The van der Waals surface area contributed by atoms with E-state index in [4.69, 9.17) is 35.9 Å². The van der Waals surface area contributed by atoms with Gasteiger partial charge in [-0.3, -0.25) is 14.2 Å². The van der Waals surface area contributed by atoms with E-state index in [2.05, 4.69) is 39.5 Å². The Balaban J connectivity index is 1.19. The van der Waals surface area contributed by atoms with Crippen LogP contribution in [0.3, 0.4) is 0 Å². The number of aliphatic hydroxyl groups excluding tert-OH is 2. The Hall–Kier alpha value is -5.68. The lowest BCUT2D eigenvalue weighted by molar-refractivity contribution is -0.170. The lowest BCUT2D eigenvalue weighted by atomic mass is 9.91. The lowest BCUT2D eigenvalue weighted by Gasteiger charge is -2.30. The number of ether oxygens (including phenoxy) is 2. The van der Waals surface area contributed by atoms with Crippen LogP contribution in [-0.2, 0) is 20.0 Å². The van der Waals surface area contributed by atoms with Crippen LogP contribution >= 0.6 is 0 Å². The number of hydrogen-bond acceptors (Lipinski definition) is 13. The van der Waals surface area contributed by atoms with E-state index in [1.807, 2.05) is 47.4 Å². The number of nitrogens with two attached hydrogens (primary N) is 2. The van der Waals surface area contributed by atoms with Crippen molar-refractivity contribution in [1.82, 2.24) is 24.5 Å². The van der Waals surface area contributed by atoms with Crippen molar-refractivity contribution in [2.75, 3.05) is 61.1 Å². The fourth-order valence-electron chi connectivity index (χ4n) is 8.16. The number of benzene rings is 2. The highest BCUT2D eigenvalue weighted by atomic mass is 16.6. The number of nitrogens with one attached hydrogen (secondary N) is 1. The number of amides is 2. The zero-order valence-electron chi connectivity index (χ0n) is 31.1. The summed E-state index contributed by atoms with van der Waals surface area (Å²) in [6, 6.07) is 23.8. The van der Waals surface area contributed by atoms with Crippen LogP contribution in [0.15, 0.2) is 79.1 Å². The van der Waals surface area contributed by atoms with Crippen molar-refractivity contribution < 1.29 is 29.3 Å². The molecule has 0 saturated carbocycles. The first-order valence-electron chi connectivity index (χ1n) is 19.0. The van der Waals surface area contributed by atoms with Crippen LogP contribution < -0.4 is 26.6 Å². The van der Waals surface area contributed by atoms with Crippen LogP contribution in [0.2, 0.25) is 0 Å². The molecule has 16 nitrogen and oxygen atoms in total. The first-order chi connectivity index (χ1) is 27.2. The van der Waals surface area contributed by atoms with Gasteiger partial charge in [0, 0.05) is 44.6 Å². The molecule has 3 saturated heterocycles. The number of carbonyl (C=O) groups excluding carboxylic acids is 2. The summed E-state index contributed by atoms with van der Waals surface area (Å²) in [5.74, 6) is -0.368. The third-order valence-electron chi connectivity index (χ3n) is 11.2. The molecule has 3 aliphatic heterocycles. The van der Waals surface area contributed by atoms with Gasteiger partial charge in [-0.25, -0.2) is 9.97 Å². The molecule has 7 N–H and O–H groups in total. The van der Waals surface area contributed by atoms with E-state index in [0.717, 1.165) is 16.9 Å². The quantitative estimate of drug-likeness (QED) is 0.123. The van der Waals surface area contributed by atoms with Crippen molar-refractivity contribution in [3.63, 3.8) is 0 Å². The second-order valence-corrected chi connectivity index (χ2v) is 14.5. The van der Waals surface area contributed by atoms with Crippen molar-refractivity contribution in [1.29, 1.82) is 0 Å². The Morgan fingerprint density at radius 2 is 1.62 bits per heavy atom. The average molecular weight is 763 g/mol. The predicted octanol–water partition coefficient (Wildman–Crippen LogP) is 2.06. The van der Waals surface area contributed by atoms with Gasteiger partial charge >= 0.3 is 0 Å². The molecule has 292 valence electrons. The molecule has 6 heterocycles. The summed E-state index contributed by atoms with van der Waals surface area (Å²) in [4.78, 5) is 49.7. The number of aliphatic hydroxyl groups is 2. The molecule has 5 atom stereocenters. The Kier molecular flexibility index (Phi) is 10.3. The molecule has 3 fully saturated rings. The Morgan fingerprint density at radius 1 is 0.929 bits per heavy atom. The minimum absolute atomic E-state index is 0.0708. The number of imidazole rings is 1. The van der Waals surface area contributed by atoms with Gasteiger partial charge < -0.3 is 46.3 Å². The third-order valence-corrected chi connectivity index (χ3v) is 11.2. The predicted molar refractivity (Wildman–Crippen MR) is 208 cm³/mol. The Bertz CT molecular complexity index is 2160. The summed E-state index contributed by atoms with van der Waals surface area (Å²) >= 11 is 0. The van der Waals surface area contributed by atoms with Crippen LogP contribution in [-0.4, -0.2) is 111 Å². The highest BCUT2D eigenvalue weighted by molar-refractivity contribution is 5.94. The van der Waals surface area contributed by atoms with E-state index < -0.39 is 35.9 Å². The van der Waals surface area contributed by atoms with Crippen molar-refractivity contribution in [2.45, 2.75) is 55.6 Å². The van der Waals surface area contributed by atoms with Crippen molar-refractivity contribution in [3.05, 3.63) is 102 Å². The normalized spacial score (nSPS) is 23.9. The van der Waals surface area contributed by atoms with E-state index in [1.54, 1.807) is 13.0 Å². The van der Waals surface area contributed by atoms with Gasteiger partial charge in [0.2, 0.25) is 5.95 Å².